The molecule has 12 heavy (non-hydrogen) atoms. The van der Waals surface area contributed by atoms with Crippen molar-refractivity contribution in [3.63, 3.8) is 0 Å². The fraction of sp³-hybridized carbons (Fsp3) is 0. The van der Waals surface area contributed by atoms with Crippen LogP contribution in [-0.2, 0) is 11.1 Å². The summed E-state index contributed by atoms with van der Waals surface area (Å²) in [4.78, 5) is 0.0612. The summed E-state index contributed by atoms with van der Waals surface area (Å²) in [6.07, 6.45) is 0. The zero-order chi connectivity index (χ0) is 9.30. The van der Waals surface area contributed by atoms with E-state index in [1.54, 1.807) is 0 Å². The Morgan fingerprint density at radius 1 is 1.08 bits per heavy atom. The van der Waals surface area contributed by atoms with Crippen LogP contribution in [0.15, 0.2) is 17.0 Å². The molecule has 66 valence electrons. The van der Waals surface area contributed by atoms with Gasteiger partial charge in [-0.25, -0.2) is 4.21 Å². The van der Waals surface area contributed by atoms with Gasteiger partial charge in [0.05, 0.1) is 20.0 Å². The predicted molar refractivity (Wildman–Crippen MR) is 50.5 cm³/mol. The monoisotopic (exact) mass is 244 g/mol. The van der Waals surface area contributed by atoms with E-state index in [9.17, 15) is 4.21 Å². The molecule has 0 radical (unpaired) electrons. The molecule has 1 rings (SSSR count). The van der Waals surface area contributed by atoms with Gasteiger partial charge in [0, 0.05) is 0 Å². The topological polar surface area (TPSA) is 37.3 Å². The first-order chi connectivity index (χ1) is 5.52. The molecule has 0 aliphatic rings. The van der Waals surface area contributed by atoms with E-state index < -0.39 is 11.1 Å². The lowest BCUT2D eigenvalue weighted by Gasteiger charge is -2.01. The van der Waals surface area contributed by atoms with Gasteiger partial charge in [-0.15, -0.1) is 0 Å². The molecule has 0 amide bonds. The summed E-state index contributed by atoms with van der Waals surface area (Å²) >= 11 is 14.7. The highest BCUT2D eigenvalue weighted by Crippen LogP contribution is 2.30. The van der Waals surface area contributed by atoms with Crippen molar-refractivity contribution in [2.45, 2.75) is 4.90 Å². The van der Waals surface area contributed by atoms with Gasteiger partial charge in [-0.2, -0.15) is 0 Å². The second-order valence-electron chi connectivity index (χ2n) is 1.95. The summed E-state index contributed by atoms with van der Waals surface area (Å²) in [7, 11) is 0. The number of benzene rings is 1. The minimum Gasteiger partial charge on any atom is -0.302 e. The molecular weight excluding hydrogens is 242 g/mol. The standard InChI is InChI=1S/C6H3Cl3O2S/c7-3-1-5(9)6(12(10)11)2-4(3)8/h1-2H,(H,10,11). The van der Waals surface area contributed by atoms with Crippen LogP contribution >= 0.6 is 34.8 Å². The maximum Gasteiger partial charge on any atom is 0.188 e. The van der Waals surface area contributed by atoms with Crippen LogP contribution in [0.1, 0.15) is 0 Å². The lowest BCUT2D eigenvalue weighted by atomic mass is 10.4. The van der Waals surface area contributed by atoms with Gasteiger partial charge in [0.25, 0.3) is 0 Å². The number of hydrogen-bond acceptors (Lipinski definition) is 1. The van der Waals surface area contributed by atoms with Crippen LogP contribution in [0, 0.1) is 0 Å². The predicted octanol–water partition coefficient (Wildman–Crippen LogP) is 3.23. The van der Waals surface area contributed by atoms with Gasteiger partial charge in [0.1, 0.15) is 0 Å². The molecule has 2 nitrogen and oxygen atoms in total. The molecule has 1 atom stereocenters. The molecule has 0 aliphatic carbocycles. The molecule has 0 saturated heterocycles. The molecular formula is C6H3Cl3O2S. The summed E-state index contributed by atoms with van der Waals surface area (Å²) in [6.45, 7) is 0. The van der Waals surface area contributed by atoms with Crippen molar-refractivity contribution in [2.24, 2.45) is 0 Å². The number of halogens is 3. The summed E-state index contributed by atoms with van der Waals surface area (Å²) in [5, 5.41) is 0.597. The van der Waals surface area contributed by atoms with Crippen LogP contribution in [0.3, 0.4) is 0 Å². The summed E-state index contributed by atoms with van der Waals surface area (Å²) in [6, 6.07) is 2.59. The zero-order valence-electron chi connectivity index (χ0n) is 5.55. The highest BCUT2D eigenvalue weighted by atomic mass is 35.5. The fourth-order valence-corrected chi connectivity index (χ4v) is 1.89. The third-order valence-electron chi connectivity index (χ3n) is 1.16. The number of rotatable bonds is 1. The average molecular weight is 246 g/mol. The largest absolute Gasteiger partial charge is 0.302 e. The molecule has 0 spiro atoms. The lowest BCUT2D eigenvalue weighted by Crippen LogP contribution is -1.89. The van der Waals surface area contributed by atoms with Gasteiger partial charge in [0.15, 0.2) is 11.1 Å². The SMILES string of the molecule is O=S(O)c1cc(Cl)c(Cl)cc1Cl. The van der Waals surface area contributed by atoms with E-state index in [0.29, 0.717) is 0 Å². The Morgan fingerprint density at radius 2 is 1.58 bits per heavy atom. The maximum absolute atomic E-state index is 10.6. The average Bonchev–Trinajstić information content (AvgIpc) is 1.96. The normalized spacial score (nSPS) is 13.0. The van der Waals surface area contributed by atoms with Crippen LogP contribution in [0.25, 0.3) is 0 Å². The molecule has 0 bridgehead atoms. The Kier molecular flexibility index (Phi) is 3.37. The highest BCUT2D eigenvalue weighted by molar-refractivity contribution is 7.79. The second kappa shape index (κ2) is 3.94. The van der Waals surface area contributed by atoms with Crippen molar-refractivity contribution in [2.75, 3.05) is 0 Å². The quantitative estimate of drug-likeness (QED) is 0.609. The van der Waals surface area contributed by atoms with E-state index in [-0.39, 0.29) is 20.0 Å². The van der Waals surface area contributed by atoms with E-state index in [1.807, 2.05) is 0 Å². The smallest absolute Gasteiger partial charge is 0.188 e. The van der Waals surface area contributed by atoms with Crippen molar-refractivity contribution < 1.29 is 8.76 Å². The van der Waals surface area contributed by atoms with Crippen LogP contribution in [0.4, 0.5) is 0 Å². The van der Waals surface area contributed by atoms with Gasteiger partial charge in [0.2, 0.25) is 0 Å². The van der Waals surface area contributed by atoms with Crippen molar-refractivity contribution in [3.8, 4) is 0 Å². The Hall–Kier alpha value is 0.200. The molecule has 1 aromatic carbocycles. The van der Waals surface area contributed by atoms with Crippen LogP contribution < -0.4 is 0 Å². The first kappa shape index (κ1) is 10.3. The third kappa shape index (κ3) is 2.12. The molecule has 1 N–H and O–H groups in total. The van der Waals surface area contributed by atoms with Gasteiger partial charge < -0.3 is 4.55 Å². The fourth-order valence-electron chi connectivity index (χ4n) is 0.638. The molecule has 1 aromatic rings. The van der Waals surface area contributed by atoms with Gasteiger partial charge in [-0.1, -0.05) is 34.8 Å². The molecule has 0 heterocycles. The van der Waals surface area contributed by atoms with Crippen LogP contribution in [0.2, 0.25) is 15.1 Å². The van der Waals surface area contributed by atoms with Crippen molar-refractivity contribution in [1.82, 2.24) is 0 Å². The minimum absolute atomic E-state index is 0.0612. The van der Waals surface area contributed by atoms with E-state index in [4.69, 9.17) is 39.4 Å². The highest BCUT2D eigenvalue weighted by Gasteiger charge is 2.09. The summed E-state index contributed by atoms with van der Waals surface area (Å²) < 4.78 is 19.3. The molecule has 0 aliphatic heterocycles. The second-order valence-corrected chi connectivity index (χ2v) is 4.11. The molecule has 1 unspecified atom stereocenters. The van der Waals surface area contributed by atoms with Crippen molar-refractivity contribution >= 4 is 45.9 Å². The van der Waals surface area contributed by atoms with Crippen LogP contribution in [-0.4, -0.2) is 8.76 Å². The Morgan fingerprint density at radius 3 is 2.08 bits per heavy atom. The van der Waals surface area contributed by atoms with Gasteiger partial charge >= 0.3 is 0 Å². The van der Waals surface area contributed by atoms with E-state index >= 15 is 0 Å². The maximum atomic E-state index is 10.6. The van der Waals surface area contributed by atoms with Gasteiger partial charge in [-0.05, 0) is 12.1 Å². The van der Waals surface area contributed by atoms with Crippen molar-refractivity contribution in [3.05, 3.63) is 27.2 Å². The van der Waals surface area contributed by atoms with Crippen LogP contribution in [0.5, 0.6) is 0 Å². The van der Waals surface area contributed by atoms with E-state index in [2.05, 4.69) is 0 Å². The first-order valence-electron chi connectivity index (χ1n) is 2.78. The molecule has 6 heteroatoms. The number of hydrogen-bond donors (Lipinski definition) is 1. The zero-order valence-corrected chi connectivity index (χ0v) is 8.64. The Bertz CT molecular complexity index is 340. The Labute approximate surface area is 86.7 Å². The van der Waals surface area contributed by atoms with E-state index in [0.717, 1.165) is 0 Å². The summed E-state index contributed by atoms with van der Waals surface area (Å²) in [5.41, 5.74) is 0. The van der Waals surface area contributed by atoms with Gasteiger partial charge in [-0.3, -0.25) is 0 Å². The first-order valence-corrected chi connectivity index (χ1v) is 5.02. The minimum atomic E-state index is -2.13. The Balaban J connectivity index is 3.33. The third-order valence-corrected chi connectivity index (χ3v) is 3.02. The van der Waals surface area contributed by atoms with E-state index in [1.165, 1.54) is 12.1 Å². The van der Waals surface area contributed by atoms with Crippen molar-refractivity contribution in [1.29, 1.82) is 0 Å². The molecule has 0 fully saturated rings. The molecule has 0 saturated carbocycles. The lowest BCUT2D eigenvalue weighted by molar-refractivity contribution is 0.564. The summed E-state index contributed by atoms with van der Waals surface area (Å²) in [5.74, 6) is 0. The molecule has 0 aromatic heterocycles.